The number of carbonyl (C=O) groups excluding carboxylic acids is 1. The van der Waals surface area contributed by atoms with Gasteiger partial charge in [0.15, 0.2) is 0 Å². The average Bonchev–Trinajstić information content (AvgIpc) is 2.50. The minimum absolute atomic E-state index is 0.0683. The second-order valence-corrected chi connectivity index (χ2v) is 3.81. The lowest BCUT2D eigenvalue weighted by atomic mass is 10.2. The van der Waals surface area contributed by atoms with E-state index in [4.69, 9.17) is 4.74 Å². The van der Waals surface area contributed by atoms with Crippen molar-refractivity contribution in [3.63, 3.8) is 0 Å². The second kappa shape index (κ2) is 5.17. The van der Waals surface area contributed by atoms with Gasteiger partial charge >= 0.3 is 6.03 Å². The van der Waals surface area contributed by atoms with Crippen molar-refractivity contribution in [1.29, 1.82) is 0 Å². The number of methoxy groups -OCH3 is 1. The summed E-state index contributed by atoms with van der Waals surface area (Å²) in [7, 11) is 1.66. The molecular formula is C9H19N3O2. The Bertz CT molecular complexity index is 196. The van der Waals surface area contributed by atoms with E-state index < -0.39 is 0 Å². The maximum atomic E-state index is 11.4. The summed E-state index contributed by atoms with van der Waals surface area (Å²) in [6, 6.07) is 0.0971. The molecule has 0 aromatic heterocycles. The van der Waals surface area contributed by atoms with Gasteiger partial charge in [-0.25, -0.2) is 4.79 Å². The Morgan fingerprint density at radius 1 is 1.50 bits per heavy atom. The molecule has 5 heteroatoms. The molecule has 0 spiro atoms. The van der Waals surface area contributed by atoms with Gasteiger partial charge in [0.1, 0.15) is 0 Å². The summed E-state index contributed by atoms with van der Waals surface area (Å²) in [5.74, 6) is 0. The number of ether oxygens (including phenoxy) is 1. The fourth-order valence-corrected chi connectivity index (χ4v) is 1.52. The smallest absolute Gasteiger partial charge is 0.315 e. The van der Waals surface area contributed by atoms with Gasteiger partial charge in [0.2, 0.25) is 0 Å². The third kappa shape index (κ3) is 3.16. The minimum Gasteiger partial charge on any atom is -0.378 e. The van der Waals surface area contributed by atoms with E-state index in [1.54, 1.807) is 7.11 Å². The Morgan fingerprint density at radius 2 is 2.21 bits per heavy atom. The minimum atomic E-state index is -0.129. The van der Waals surface area contributed by atoms with E-state index in [1.165, 1.54) is 0 Å². The summed E-state index contributed by atoms with van der Waals surface area (Å²) in [6.45, 7) is 5.42. The number of carbonyl (C=O) groups is 1. The van der Waals surface area contributed by atoms with Gasteiger partial charge in [-0.15, -0.1) is 0 Å². The quantitative estimate of drug-likeness (QED) is 0.586. The fraction of sp³-hybridized carbons (Fsp3) is 0.889. The first-order chi connectivity index (χ1) is 6.63. The predicted molar refractivity (Wildman–Crippen MR) is 54.3 cm³/mol. The standard InChI is InChI=1S/C9H19N3O2/c1-6(2)11-9(13)12-7-4-10-5-8(7)14-3/h6-8,10H,4-5H2,1-3H3,(H2,11,12,13)/t7-,8-/m1/s1. The number of amides is 2. The van der Waals surface area contributed by atoms with Crippen LogP contribution in [0.2, 0.25) is 0 Å². The van der Waals surface area contributed by atoms with Crippen LogP contribution in [0.5, 0.6) is 0 Å². The first kappa shape index (κ1) is 11.3. The summed E-state index contributed by atoms with van der Waals surface area (Å²) in [6.07, 6.45) is 0.0768. The largest absolute Gasteiger partial charge is 0.378 e. The van der Waals surface area contributed by atoms with Crippen molar-refractivity contribution in [2.24, 2.45) is 0 Å². The van der Waals surface area contributed by atoms with Crippen LogP contribution in [0.4, 0.5) is 4.79 Å². The molecule has 2 amide bonds. The molecule has 1 fully saturated rings. The Morgan fingerprint density at radius 3 is 2.79 bits per heavy atom. The zero-order valence-corrected chi connectivity index (χ0v) is 8.96. The van der Waals surface area contributed by atoms with Crippen molar-refractivity contribution < 1.29 is 9.53 Å². The van der Waals surface area contributed by atoms with Crippen LogP contribution in [0.15, 0.2) is 0 Å². The van der Waals surface area contributed by atoms with Crippen molar-refractivity contribution >= 4 is 6.03 Å². The fourth-order valence-electron chi connectivity index (χ4n) is 1.52. The topological polar surface area (TPSA) is 62.4 Å². The molecule has 0 bridgehead atoms. The van der Waals surface area contributed by atoms with E-state index in [9.17, 15) is 4.79 Å². The van der Waals surface area contributed by atoms with Crippen LogP contribution in [-0.2, 0) is 4.74 Å². The van der Waals surface area contributed by atoms with Crippen molar-refractivity contribution in [3.05, 3.63) is 0 Å². The van der Waals surface area contributed by atoms with Gasteiger partial charge in [-0.05, 0) is 13.8 Å². The molecule has 1 saturated heterocycles. The Balaban J connectivity index is 2.32. The van der Waals surface area contributed by atoms with E-state index in [-0.39, 0.29) is 24.2 Å². The lowest BCUT2D eigenvalue weighted by molar-refractivity contribution is 0.0982. The Kier molecular flexibility index (Phi) is 4.16. The monoisotopic (exact) mass is 201 g/mol. The van der Waals surface area contributed by atoms with E-state index in [0.717, 1.165) is 13.1 Å². The Labute approximate surface area is 84.6 Å². The molecule has 82 valence electrons. The van der Waals surface area contributed by atoms with Gasteiger partial charge in [0.25, 0.3) is 0 Å². The molecule has 5 nitrogen and oxygen atoms in total. The van der Waals surface area contributed by atoms with E-state index in [1.807, 2.05) is 13.8 Å². The van der Waals surface area contributed by atoms with Crippen molar-refractivity contribution in [1.82, 2.24) is 16.0 Å². The number of rotatable bonds is 3. The summed E-state index contributed by atoms with van der Waals surface area (Å²) in [5.41, 5.74) is 0. The van der Waals surface area contributed by atoms with Crippen molar-refractivity contribution in [2.45, 2.75) is 32.0 Å². The highest BCUT2D eigenvalue weighted by Crippen LogP contribution is 2.03. The molecular weight excluding hydrogens is 182 g/mol. The normalized spacial score (nSPS) is 26.6. The molecule has 0 unspecified atom stereocenters. The average molecular weight is 201 g/mol. The Hall–Kier alpha value is -0.810. The first-order valence-electron chi connectivity index (χ1n) is 4.94. The summed E-state index contributed by atoms with van der Waals surface area (Å²) in [4.78, 5) is 11.4. The zero-order valence-electron chi connectivity index (χ0n) is 8.96. The highest BCUT2D eigenvalue weighted by molar-refractivity contribution is 5.74. The van der Waals surface area contributed by atoms with Gasteiger partial charge in [0, 0.05) is 26.2 Å². The molecule has 0 radical (unpaired) electrons. The molecule has 1 heterocycles. The van der Waals surface area contributed by atoms with Gasteiger partial charge in [-0.3, -0.25) is 0 Å². The van der Waals surface area contributed by atoms with Crippen LogP contribution in [0, 0.1) is 0 Å². The molecule has 1 aliphatic rings. The summed E-state index contributed by atoms with van der Waals surface area (Å²) >= 11 is 0. The predicted octanol–water partition coefficient (Wildman–Crippen LogP) is -0.319. The maximum absolute atomic E-state index is 11.4. The summed E-state index contributed by atoms with van der Waals surface area (Å²) < 4.78 is 5.22. The lowest BCUT2D eigenvalue weighted by Gasteiger charge is -2.19. The van der Waals surface area contributed by atoms with Gasteiger partial charge in [-0.2, -0.15) is 0 Å². The van der Waals surface area contributed by atoms with Crippen LogP contribution >= 0.6 is 0 Å². The first-order valence-corrected chi connectivity index (χ1v) is 4.94. The van der Waals surface area contributed by atoms with Crippen molar-refractivity contribution in [2.75, 3.05) is 20.2 Å². The third-order valence-corrected chi connectivity index (χ3v) is 2.20. The number of nitrogens with one attached hydrogen (secondary N) is 3. The summed E-state index contributed by atoms with van der Waals surface area (Å²) in [5, 5.41) is 8.82. The van der Waals surface area contributed by atoms with E-state index in [0.29, 0.717) is 0 Å². The van der Waals surface area contributed by atoms with Crippen molar-refractivity contribution in [3.8, 4) is 0 Å². The molecule has 1 aliphatic heterocycles. The molecule has 0 aromatic carbocycles. The highest BCUT2D eigenvalue weighted by atomic mass is 16.5. The number of hydrogen-bond donors (Lipinski definition) is 3. The van der Waals surface area contributed by atoms with Crippen LogP contribution in [0.3, 0.4) is 0 Å². The number of urea groups is 1. The highest BCUT2D eigenvalue weighted by Gasteiger charge is 2.27. The van der Waals surface area contributed by atoms with Gasteiger partial charge < -0.3 is 20.7 Å². The second-order valence-electron chi connectivity index (χ2n) is 3.81. The number of hydrogen-bond acceptors (Lipinski definition) is 3. The van der Waals surface area contributed by atoms with E-state index >= 15 is 0 Å². The van der Waals surface area contributed by atoms with Crippen LogP contribution in [-0.4, -0.2) is 44.4 Å². The van der Waals surface area contributed by atoms with E-state index in [2.05, 4.69) is 16.0 Å². The maximum Gasteiger partial charge on any atom is 0.315 e. The molecule has 1 rings (SSSR count). The lowest BCUT2D eigenvalue weighted by Crippen LogP contribution is -2.49. The van der Waals surface area contributed by atoms with Crippen LogP contribution < -0.4 is 16.0 Å². The van der Waals surface area contributed by atoms with Crippen LogP contribution in [0.1, 0.15) is 13.8 Å². The molecule has 14 heavy (non-hydrogen) atoms. The molecule has 2 atom stereocenters. The molecule has 0 saturated carbocycles. The SMILES string of the molecule is CO[C@@H]1CNC[C@H]1NC(=O)NC(C)C. The van der Waals surface area contributed by atoms with Crippen LogP contribution in [0.25, 0.3) is 0 Å². The zero-order chi connectivity index (χ0) is 10.6. The van der Waals surface area contributed by atoms with Gasteiger partial charge in [0.05, 0.1) is 12.1 Å². The molecule has 0 aliphatic carbocycles. The molecule has 0 aromatic rings. The third-order valence-electron chi connectivity index (χ3n) is 2.20. The molecule has 3 N–H and O–H groups in total. The van der Waals surface area contributed by atoms with Gasteiger partial charge in [-0.1, -0.05) is 0 Å².